The van der Waals surface area contributed by atoms with Gasteiger partial charge in [-0.05, 0) is 6.07 Å². The lowest BCUT2D eigenvalue weighted by molar-refractivity contribution is 0.684. The second kappa shape index (κ2) is 5.90. The molecule has 0 saturated heterocycles. The summed E-state index contributed by atoms with van der Waals surface area (Å²) >= 11 is 12.3. The molecular formula is C15H17Cl2N3. The largest absolute Gasteiger partial charge is 0.383 e. The normalized spacial score (nSPS) is 11.1. The number of imidazole rings is 1. The molecule has 0 saturated carbocycles. The number of aromatic nitrogens is 2. The quantitative estimate of drug-likeness (QED) is 0.828. The van der Waals surface area contributed by atoms with Gasteiger partial charge in [0.05, 0.1) is 10.0 Å². The first kappa shape index (κ1) is 14.9. The zero-order valence-electron chi connectivity index (χ0n) is 11.5. The second-order valence-corrected chi connectivity index (χ2v) is 5.64. The van der Waals surface area contributed by atoms with Crippen molar-refractivity contribution < 1.29 is 0 Å². The number of nitrogens with zero attached hydrogens (tertiary/aromatic N) is 2. The molecular weight excluding hydrogens is 293 g/mol. The van der Waals surface area contributed by atoms with Crippen LogP contribution in [0.5, 0.6) is 0 Å². The predicted molar refractivity (Wildman–Crippen MR) is 86.4 cm³/mol. The number of hydrogen-bond donors (Lipinski definition) is 1. The molecule has 0 amide bonds. The summed E-state index contributed by atoms with van der Waals surface area (Å²) < 4.78 is 1.95. The van der Waals surface area contributed by atoms with E-state index in [-0.39, 0.29) is 5.92 Å². The molecule has 0 radical (unpaired) electrons. The number of hydrogen-bond acceptors (Lipinski definition) is 2. The van der Waals surface area contributed by atoms with Crippen molar-refractivity contribution in [1.29, 1.82) is 0 Å². The molecule has 106 valence electrons. The summed E-state index contributed by atoms with van der Waals surface area (Å²) in [5, 5.41) is 0.965. The highest BCUT2D eigenvalue weighted by atomic mass is 35.5. The maximum atomic E-state index is 6.26. The molecule has 5 heteroatoms. The monoisotopic (exact) mass is 309 g/mol. The average Bonchev–Trinajstić information content (AvgIpc) is 2.72. The van der Waals surface area contributed by atoms with Crippen molar-refractivity contribution in [2.45, 2.75) is 26.3 Å². The van der Waals surface area contributed by atoms with Gasteiger partial charge in [0.1, 0.15) is 17.3 Å². The third-order valence-corrected chi connectivity index (χ3v) is 3.89. The van der Waals surface area contributed by atoms with Crippen molar-refractivity contribution in [2.24, 2.45) is 0 Å². The van der Waals surface area contributed by atoms with Gasteiger partial charge in [-0.15, -0.1) is 6.58 Å². The number of anilines is 1. The Bertz CT molecular complexity index is 645. The molecule has 0 aliphatic heterocycles. The van der Waals surface area contributed by atoms with Gasteiger partial charge >= 0.3 is 0 Å². The molecule has 20 heavy (non-hydrogen) atoms. The number of benzene rings is 1. The van der Waals surface area contributed by atoms with Gasteiger partial charge in [0.25, 0.3) is 0 Å². The first-order valence-corrected chi connectivity index (χ1v) is 7.14. The Morgan fingerprint density at radius 1 is 1.40 bits per heavy atom. The zero-order valence-corrected chi connectivity index (χ0v) is 13.0. The van der Waals surface area contributed by atoms with Crippen LogP contribution in [-0.4, -0.2) is 9.55 Å². The van der Waals surface area contributed by atoms with E-state index in [1.54, 1.807) is 12.1 Å². The fourth-order valence-electron chi connectivity index (χ4n) is 2.13. The summed E-state index contributed by atoms with van der Waals surface area (Å²) in [5.74, 6) is 1.75. The van der Waals surface area contributed by atoms with Crippen LogP contribution in [0.2, 0.25) is 10.0 Å². The van der Waals surface area contributed by atoms with Gasteiger partial charge in [0.15, 0.2) is 0 Å². The fourth-order valence-corrected chi connectivity index (χ4v) is 2.52. The Labute approximate surface area is 129 Å². The minimum Gasteiger partial charge on any atom is -0.383 e. The first-order chi connectivity index (χ1) is 9.47. The average molecular weight is 310 g/mol. The Hall–Kier alpha value is -1.45. The fraction of sp³-hybridized carbons (Fsp3) is 0.267. The molecule has 2 N–H and O–H groups in total. The van der Waals surface area contributed by atoms with Crippen LogP contribution in [0.1, 0.15) is 25.6 Å². The van der Waals surface area contributed by atoms with Crippen molar-refractivity contribution >= 4 is 29.0 Å². The number of nitrogen functional groups attached to an aromatic ring is 1. The van der Waals surface area contributed by atoms with E-state index in [2.05, 4.69) is 25.4 Å². The molecule has 0 unspecified atom stereocenters. The highest BCUT2D eigenvalue weighted by molar-refractivity contribution is 6.43. The SMILES string of the molecule is C=CCn1c(C(C)C)nc(-c2cccc(Cl)c2Cl)c1N. The molecule has 2 aromatic rings. The van der Waals surface area contributed by atoms with E-state index in [4.69, 9.17) is 28.9 Å². The van der Waals surface area contributed by atoms with E-state index in [1.165, 1.54) is 0 Å². The second-order valence-electron chi connectivity index (χ2n) is 4.86. The van der Waals surface area contributed by atoms with E-state index >= 15 is 0 Å². The number of nitrogens with two attached hydrogens (primary N) is 1. The minimum atomic E-state index is 0.254. The van der Waals surface area contributed by atoms with E-state index < -0.39 is 0 Å². The lowest BCUT2D eigenvalue weighted by atomic mass is 10.1. The number of rotatable bonds is 4. The minimum absolute atomic E-state index is 0.254. The third kappa shape index (κ3) is 2.56. The Morgan fingerprint density at radius 2 is 2.10 bits per heavy atom. The Balaban J connectivity index is 2.66. The van der Waals surface area contributed by atoms with Crippen LogP contribution in [0.4, 0.5) is 5.82 Å². The number of halogens is 2. The smallest absolute Gasteiger partial charge is 0.132 e. The van der Waals surface area contributed by atoms with Crippen LogP contribution < -0.4 is 5.73 Å². The van der Waals surface area contributed by atoms with Crippen molar-refractivity contribution in [3.8, 4) is 11.3 Å². The van der Waals surface area contributed by atoms with E-state index in [0.717, 1.165) is 11.4 Å². The van der Waals surface area contributed by atoms with Gasteiger partial charge in [-0.1, -0.05) is 55.3 Å². The molecule has 2 rings (SSSR count). The molecule has 1 aromatic heterocycles. The molecule has 0 aliphatic rings. The molecule has 0 aliphatic carbocycles. The Morgan fingerprint density at radius 3 is 2.70 bits per heavy atom. The molecule has 0 atom stereocenters. The van der Waals surface area contributed by atoms with Gasteiger partial charge in [0, 0.05) is 18.0 Å². The van der Waals surface area contributed by atoms with Crippen LogP contribution in [0.15, 0.2) is 30.9 Å². The van der Waals surface area contributed by atoms with Gasteiger partial charge in [-0.2, -0.15) is 0 Å². The van der Waals surface area contributed by atoms with Crippen LogP contribution in [0, 0.1) is 0 Å². The summed E-state index contributed by atoms with van der Waals surface area (Å²) in [4.78, 5) is 4.65. The summed E-state index contributed by atoms with van der Waals surface area (Å²) in [5.41, 5.74) is 7.65. The molecule has 0 bridgehead atoms. The lowest BCUT2D eigenvalue weighted by Gasteiger charge is -2.09. The van der Waals surface area contributed by atoms with Crippen LogP contribution in [0.3, 0.4) is 0 Å². The highest BCUT2D eigenvalue weighted by Crippen LogP contribution is 2.37. The molecule has 0 fully saturated rings. The lowest BCUT2D eigenvalue weighted by Crippen LogP contribution is -2.07. The van der Waals surface area contributed by atoms with E-state index in [1.807, 2.05) is 16.7 Å². The number of allylic oxidation sites excluding steroid dienone is 1. The van der Waals surface area contributed by atoms with Crippen molar-refractivity contribution in [3.05, 3.63) is 46.7 Å². The van der Waals surface area contributed by atoms with Crippen molar-refractivity contribution in [1.82, 2.24) is 9.55 Å². The van der Waals surface area contributed by atoms with Crippen molar-refractivity contribution in [3.63, 3.8) is 0 Å². The highest BCUT2D eigenvalue weighted by Gasteiger charge is 2.19. The van der Waals surface area contributed by atoms with Gasteiger partial charge in [0.2, 0.25) is 0 Å². The maximum absolute atomic E-state index is 6.26. The summed E-state index contributed by atoms with van der Waals surface area (Å²) in [6, 6.07) is 5.45. The third-order valence-electron chi connectivity index (χ3n) is 3.07. The first-order valence-electron chi connectivity index (χ1n) is 6.38. The molecule has 1 heterocycles. The van der Waals surface area contributed by atoms with E-state index in [9.17, 15) is 0 Å². The van der Waals surface area contributed by atoms with Gasteiger partial charge in [-0.25, -0.2) is 4.98 Å². The Kier molecular flexibility index (Phi) is 4.41. The summed E-state index contributed by atoms with van der Waals surface area (Å²) in [7, 11) is 0. The summed E-state index contributed by atoms with van der Waals surface area (Å²) in [6.45, 7) is 8.52. The predicted octanol–water partition coefficient (Wildman–Crippen LogP) is 4.75. The summed E-state index contributed by atoms with van der Waals surface area (Å²) in [6.07, 6.45) is 1.80. The molecule has 1 aromatic carbocycles. The maximum Gasteiger partial charge on any atom is 0.132 e. The molecule has 3 nitrogen and oxygen atoms in total. The topological polar surface area (TPSA) is 43.8 Å². The van der Waals surface area contributed by atoms with E-state index in [0.29, 0.717) is 28.1 Å². The van der Waals surface area contributed by atoms with Crippen LogP contribution in [-0.2, 0) is 6.54 Å². The zero-order chi connectivity index (χ0) is 14.9. The van der Waals surface area contributed by atoms with Crippen molar-refractivity contribution in [2.75, 3.05) is 5.73 Å². The standard InChI is InChI=1S/C15H17Cl2N3/c1-4-8-20-14(18)13(19-15(20)9(2)3)10-6-5-7-11(16)12(10)17/h4-7,9H,1,8,18H2,2-3H3. The van der Waals surface area contributed by atoms with Gasteiger partial charge < -0.3 is 10.3 Å². The molecule has 0 spiro atoms. The van der Waals surface area contributed by atoms with Crippen LogP contribution in [0.25, 0.3) is 11.3 Å². The van der Waals surface area contributed by atoms with Crippen LogP contribution >= 0.6 is 23.2 Å². The van der Waals surface area contributed by atoms with Gasteiger partial charge in [-0.3, -0.25) is 0 Å².